The Hall–Kier alpha value is -1.94. The molecule has 0 fully saturated rings. The molecule has 0 aliphatic rings. The number of hydrogen-bond acceptors (Lipinski definition) is 2. The smallest absolute Gasteiger partial charge is 0.137 e. The highest BCUT2D eigenvalue weighted by Gasteiger charge is 2.05. The highest BCUT2D eigenvalue weighted by atomic mass is 79.9. The van der Waals surface area contributed by atoms with Gasteiger partial charge in [0.1, 0.15) is 5.82 Å². The van der Waals surface area contributed by atoms with Crippen molar-refractivity contribution in [2.24, 2.45) is 0 Å². The van der Waals surface area contributed by atoms with Crippen molar-refractivity contribution in [2.75, 3.05) is 5.32 Å². The second-order valence-electron chi connectivity index (χ2n) is 4.99. The minimum absolute atomic E-state index is 0.240. The minimum Gasteiger partial charge on any atom is -0.381 e. The molecule has 3 aromatic rings. The van der Waals surface area contributed by atoms with Gasteiger partial charge in [-0.25, -0.2) is 4.39 Å². The molecule has 1 N–H and O–H groups in total. The van der Waals surface area contributed by atoms with E-state index in [2.05, 4.69) is 44.4 Å². The van der Waals surface area contributed by atoms with E-state index >= 15 is 0 Å². The summed E-state index contributed by atoms with van der Waals surface area (Å²) < 4.78 is 13.9. The van der Waals surface area contributed by atoms with E-state index in [0.29, 0.717) is 11.0 Å². The Morgan fingerprint density at radius 1 is 1.14 bits per heavy atom. The lowest BCUT2D eigenvalue weighted by molar-refractivity contribution is 0.620. The van der Waals surface area contributed by atoms with Gasteiger partial charge in [-0.05, 0) is 63.6 Å². The average Bonchev–Trinajstić information content (AvgIpc) is 2.49. The van der Waals surface area contributed by atoms with E-state index in [1.807, 2.05) is 19.2 Å². The number of aryl methyl sites for hydroxylation is 1. The second kappa shape index (κ2) is 5.82. The van der Waals surface area contributed by atoms with E-state index in [-0.39, 0.29) is 5.82 Å². The van der Waals surface area contributed by atoms with Crippen LogP contribution in [0.5, 0.6) is 0 Å². The Bertz CT molecular complexity index is 802. The van der Waals surface area contributed by atoms with Gasteiger partial charge in [0.25, 0.3) is 0 Å². The molecule has 0 unspecified atom stereocenters. The molecule has 3 rings (SSSR count). The number of rotatable bonds is 3. The van der Waals surface area contributed by atoms with Gasteiger partial charge < -0.3 is 5.32 Å². The highest BCUT2D eigenvalue weighted by Crippen LogP contribution is 2.25. The maximum absolute atomic E-state index is 13.4. The molecule has 0 aliphatic carbocycles. The van der Waals surface area contributed by atoms with Gasteiger partial charge in [0, 0.05) is 30.0 Å². The Balaban J connectivity index is 1.81. The summed E-state index contributed by atoms with van der Waals surface area (Å²) in [4.78, 5) is 4.11. The molecule has 4 heteroatoms. The maximum Gasteiger partial charge on any atom is 0.137 e. The molecule has 0 amide bonds. The summed E-state index contributed by atoms with van der Waals surface area (Å²) in [6.45, 7) is 2.58. The van der Waals surface area contributed by atoms with Crippen LogP contribution in [0, 0.1) is 12.7 Å². The number of aromatic nitrogens is 1. The first-order valence-corrected chi connectivity index (χ1v) is 7.45. The number of fused-ring (bicyclic) bond motifs is 1. The molecule has 0 aliphatic heterocycles. The molecule has 0 spiro atoms. The largest absolute Gasteiger partial charge is 0.381 e. The fraction of sp³-hybridized carbons (Fsp3) is 0.118. The van der Waals surface area contributed by atoms with Crippen LogP contribution in [-0.2, 0) is 6.54 Å². The fourth-order valence-electron chi connectivity index (χ4n) is 2.28. The van der Waals surface area contributed by atoms with Crippen LogP contribution in [0.2, 0.25) is 0 Å². The van der Waals surface area contributed by atoms with Gasteiger partial charge in [-0.2, -0.15) is 0 Å². The molecule has 21 heavy (non-hydrogen) atoms. The second-order valence-corrected chi connectivity index (χ2v) is 5.85. The molecule has 0 bridgehead atoms. The molecular formula is C17H14BrFN2. The van der Waals surface area contributed by atoms with Crippen molar-refractivity contribution in [3.05, 3.63) is 70.2 Å². The minimum atomic E-state index is -0.240. The molecule has 1 aromatic heterocycles. The first-order chi connectivity index (χ1) is 10.1. The standard InChI is InChI=1S/C17H14BrFN2/c1-11-6-16(19)15(18)8-17(11)21-9-12-2-3-14-10-20-5-4-13(14)7-12/h2-8,10,21H,9H2,1H3. The lowest BCUT2D eigenvalue weighted by Crippen LogP contribution is -2.01. The molecule has 0 saturated carbocycles. The summed E-state index contributed by atoms with van der Waals surface area (Å²) in [6, 6.07) is 11.6. The summed E-state index contributed by atoms with van der Waals surface area (Å²) in [5.41, 5.74) is 2.99. The van der Waals surface area contributed by atoms with Gasteiger partial charge >= 0.3 is 0 Å². The van der Waals surface area contributed by atoms with Gasteiger partial charge in [-0.15, -0.1) is 0 Å². The van der Waals surface area contributed by atoms with Gasteiger partial charge in [0.15, 0.2) is 0 Å². The van der Waals surface area contributed by atoms with Crippen LogP contribution in [0.1, 0.15) is 11.1 Å². The third-order valence-electron chi connectivity index (χ3n) is 3.46. The number of benzene rings is 2. The lowest BCUT2D eigenvalue weighted by atomic mass is 10.1. The van der Waals surface area contributed by atoms with Gasteiger partial charge in [-0.1, -0.05) is 12.1 Å². The molecule has 0 atom stereocenters. The summed E-state index contributed by atoms with van der Waals surface area (Å²) in [7, 11) is 0. The van der Waals surface area contributed by atoms with E-state index in [1.54, 1.807) is 12.3 Å². The summed E-state index contributed by atoms with van der Waals surface area (Å²) in [5.74, 6) is -0.240. The monoisotopic (exact) mass is 344 g/mol. The van der Waals surface area contributed by atoms with E-state index in [0.717, 1.165) is 16.6 Å². The average molecular weight is 345 g/mol. The number of halogens is 2. The molecular weight excluding hydrogens is 331 g/mol. The first kappa shape index (κ1) is 14.0. The normalized spacial score (nSPS) is 10.8. The number of nitrogens with one attached hydrogen (secondary N) is 1. The predicted octanol–water partition coefficient (Wildman–Crippen LogP) is 5.06. The van der Waals surface area contributed by atoms with E-state index in [1.165, 1.54) is 17.0 Å². The van der Waals surface area contributed by atoms with Crippen LogP contribution in [0.3, 0.4) is 0 Å². The van der Waals surface area contributed by atoms with Crippen molar-refractivity contribution in [1.29, 1.82) is 0 Å². The molecule has 2 aromatic carbocycles. The molecule has 0 radical (unpaired) electrons. The summed E-state index contributed by atoms with van der Waals surface area (Å²) >= 11 is 3.22. The summed E-state index contributed by atoms with van der Waals surface area (Å²) in [6.07, 6.45) is 3.65. The van der Waals surface area contributed by atoms with Crippen LogP contribution in [0.4, 0.5) is 10.1 Å². The third kappa shape index (κ3) is 3.05. The molecule has 0 saturated heterocycles. The first-order valence-electron chi connectivity index (χ1n) is 6.65. The van der Waals surface area contributed by atoms with Crippen molar-refractivity contribution in [1.82, 2.24) is 4.98 Å². The van der Waals surface area contributed by atoms with Gasteiger partial charge in [-0.3, -0.25) is 4.98 Å². The Labute approximate surface area is 131 Å². The van der Waals surface area contributed by atoms with Crippen LogP contribution >= 0.6 is 15.9 Å². The zero-order valence-corrected chi connectivity index (χ0v) is 13.1. The van der Waals surface area contributed by atoms with Crippen LogP contribution in [0.25, 0.3) is 10.8 Å². The van der Waals surface area contributed by atoms with Crippen molar-refractivity contribution >= 4 is 32.4 Å². The number of pyridine rings is 1. The maximum atomic E-state index is 13.4. The Kier molecular flexibility index (Phi) is 3.88. The van der Waals surface area contributed by atoms with Crippen molar-refractivity contribution in [3.8, 4) is 0 Å². The number of hydrogen-bond donors (Lipinski definition) is 1. The Morgan fingerprint density at radius 2 is 2.00 bits per heavy atom. The van der Waals surface area contributed by atoms with Crippen LogP contribution < -0.4 is 5.32 Å². The lowest BCUT2D eigenvalue weighted by Gasteiger charge is -2.11. The predicted molar refractivity (Wildman–Crippen MR) is 87.9 cm³/mol. The van der Waals surface area contributed by atoms with Crippen molar-refractivity contribution in [3.63, 3.8) is 0 Å². The zero-order chi connectivity index (χ0) is 14.8. The zero-order valence-electron chi connectivity index (χ0n) is 11.5. The quantitative estimate of drug-likeness (QED) is 0.718. The summed E-state index contributed by atoms with van der Waals surface area (Å²) in [5, 5.41) is 5.64. The molecule has 2 nitrogen and oxygen atoms in total. The van der Waals surface area contributed by atoms with E-state index in [9.17, 15) is 4.39 Å². The van der Waals surface area contributed by atoms with E-state index in [4.69, 9.17) is 0 Å². The SMILES string of the molecule is Cc1cc(F)c(Br)cc1NCc1ccc2cnccc2c1. The van der Waals surface area contributed by atoms with Crippen LogP contribution in [0.15, 0.2) is 53.3 Å². The molecule has 1 heterocycles. The Morgan fingerprint density at radius 3 is 2.86 bits per heavy atom. The highest BCUT2D eigenvalue weighted by molar-refractivity contribution is 9.10. The van der Waals surface area contributed by atoms with E-state index < -0.39 is 0 Å². The van der Waals surface area contributed by atoms with Crippen molar-refractivity contribution < 1.29 is 4.39 Å². The van der Waals surface area contributed by atoms with Crippen LogP contribution in [-0.4, -0.2) is 4.98 Å². The van der Waals surface area contributed by atoms with Crippen molar-refractivity contribution in [2.45, 2.75) is 13.5 Å². The topological polar surface area (TPSA) is 24.9 Å². The third-order valence-corrected chi connectivity index (χ3v) is 4.06. The van der Waals surface area contributed by atoms with Gasteiger partial charge in [0.05, 0.1) is 4.47 Å². The fourth-order valence-corrected chi connectivity index (χ4v) is 2.62. The molecule has 106 valence electrons. The number of anilines is 1. The van der Waals surface area contributed by atoms with Gasteiger partial charge in [0.2, 0.25) is 0 Å². The number of nitrogens with zero attached hydrogens (tertiary/aromatic N) is 1.